The molecule has 1 aliphatic heterocycles. The molecule has 1 N–H and O–H groups in total. The third-order valence-electron chi connectivity index (χ3n) is 1.85. The van der Waals surface area contributed by atoms with E-state index < -0.39 is 10.0 Å². The van der Waals surface area contributed by atoms with Gasteiger partial charge in [-0.05, 0) is 19.3 Å². The first-order valence-electron chi connectivity index (χ1n) is 4.14. The van der Waals surface area contributed by atoms with Gasteiger partial charge in [0.05, 0.1) is 12.4 Å². The highest BCUT2D eigenvalue weighted by Gasteiger charge is 2.14. The fourth-order valence-electron chi connectivity index (χ4n) is 1.21. The quantitative estimate of drug-likeness (QED) is 0.692. The molecule has 0 amide bonds. The Labute approximate surface area is 73.3 Å². The smallest absolute Gasteiger partial charge is 0.208 e. The van der Waals surface area contributed by atoms with Crippen LogP contribution in [0.2, 0.25) is 0 Å². The maximum Gasteiger partial charge on any atom is 0.208 e. The van der Waals surface area contributed by atoms with E-state index in [1.54, 1.807) is 0 Å². The van der Waals surface area contributed by atoms with Crippen LogP contribution in [-0.2, 0) is 14.8 Å². The number of hydrogen-bond donors (Lipinski definition) is 1. The van der Waals surface area contributed by atoms with Gasteiger partial charge in [0.1, 0.15) is 0 Å². The van der Waals surface area contributed by atoms with E-state index in [4.69, 9.17) is 4.74 Å². The summed E-state index contributed by atoms with van der Waals surface area (Å²) >= 11 is 0. The van der Waals surface area contributed by atoms with Crippen LogP contribution in [0.15, 0.2) is 0 Å². The molecule has 72 valence electrons. The van der Waals surface area contributed by atoms with Crippen molar-refractivity contribution in [3.63, 3.8) is 0 Å². The number of ether oxygens (including phenoxy) is 1. The van der Waals surface area contributed by atoms with Crippen LogP contribution in [0.5, 0.6) is 0 Å². The molecule has 0 spiro atoms. The lowest BCUT2D eigenvalue weighted by Crippen LogP contribution is -2.34. The number of nitrogens with one attached hydrogen (secondary N) is 1. The molecular weight excluding hydrogens is 178 g/mol. The second-order valence-corrected chi connectivity index (χ2v) is 4.94. The van der Waals surface area contributed by atoms with Gasteiger partial charge in [-0.3, -0.25) is 0 Å². The average molecular weight is 193 g/mol. The Morgan fingerprint density at radius 3 is 2.75 bits per heavy atom. The van der Waals surface area contributed by atoms with Crippen molar-refractivity contribution in [1.29, 1.82) is 0 Å². The topological polar surface area (TPSA) is 55.4 Å². The lowest BCUT2D eigenvalue weighted by molar-refractivity contribution is 0.0200. The van der Waals surface area contributed by atoms with Gasteiger partial charge in [0.15, 0.2) is 0 Å². The highest BCUT2D eigenvalue weighted by atomic mass is 32.2. The van der Waals surface area contributed by atoms with Crippen LogP contribution in [0.1, 0.15) is 19.3 Å². The number of sulfonamides is 1. The van der Waals surface area contributed by atoms with Crippen molar-refractivity contribution < 1.29 is 13.2 Å². The first-order chi connectivity index (χ1) is 5.58. The molecule has 1 aliphatic rings. The minimum atomic E-state index is -3.05. The molecule has 0 saturated carbocycles. The number of rotatable bonds is 3. The van der Waals surface area contributed by atoms with Crippen molar-refractivity contribution in [3.05, 3.63) is 0 Å². The lowest BCUT2D eigenvalue weighted by Gasteiger charge is -2.22. The number of hydrogen-bond acceptors (Lipinski definition) is 3. The minimum Gasteiger partial charge on any atom is -0.377 e. The third-order valence-corrected chi connectivity index (χ3v) is 2.54. The second kappa shape index (κ2) is 4.20. The molecule has 0 aromatic carbocycles. The van der Waals surface area contributed by atoms with Gasteiger partial charge in [0.25, 0.3) is 0 Å². The van der Waals surface area contributed by atoms with Gasteiger partial charge in [-0.2, -0.15) is 0 Å². The Bertz CT molecular complexity index is 219. The molecule has 1 rings (SSSR count). The summed E-state index contributed by atoms with van der Waals surface area (Å²) in [6.45, 7) is 1.18. The van der Waals surface area contributed by atoms with E-state index in [2.05, 4.69) is 4.72 Å². The molecular formula is C7H15NO3S. The predicted molar refractivity (Wildman–Crippen MR) is 46.4 cm³/mol. The summed E-state index contributed by atoms with van der Waals surface area (Å²) < 4.78 is 29.2. The second-order valence-electron chi connectivity index (χ2n) is 3.11. The Kier molecular flexibility index (Phi) is 3.49. The summed E-state index contributed by atoms with van der Waals surface area (Å²) in [5.41, 5.74) is 0. The van der Waals surface area contributed by atoms with Crippen molar-refractivity contribution in [3.8, 4) is 0 Å². The average Bonchev–Trinajstić information content (AvgIpc) is 2.02. The van der Waals surface area contributed by atoms with E-state index in [9.17, 15) is 8.42 Å². The maximum absolute atomic E-state index is 10.7. The molecule has 0 aromatic heterocycles. The van der Waals surface area contributed by atoms with Gasteiger partial charge < -0.3 is 4.74 Å². The normalized spacial score (nSPS) is 25.6. The van der Waals surface area contributed by atoms with Crippen LogP contribution in [0.25, 0.3) is 0 Å². The summed E-state index contributed by atoms with van der Waals surface area (Å²) in [6, 6.07) is 0. The lowest BCUT2D eigenvalue weighted by atomic mass is 10.1. The molecule has 0 aliphatic carbocycles. The summed E-state index contributed by atoms with van der Waals surface area (Å²) in [6.07, 6.45) is 4.43. The van der Waals surface area contributed by atoms with Crippen molar-refractivity contribution in [2.24, 2.45) is 0 Å². The largest absolute Gasteiger partial charge is 0.377 e. The van der Waals surface area contributed by atoms with Crippen molar-refractivity contribution in [1.82, 2.24) is 4.72 Å². The Morgan fingerprint density at radius 2 is 2.25 bits per heavy atom. The summed E-state index contributed by atoms with van der Waals surface area (Å²) in [5.74, 6) is 0. The summed E-state index contributed by atoms with van der Waals surface area (Å²) in [5, 5.41) is 0. The van der Waals surface area contributed by atoms with Gasteiger partial charge >= 0.3 is 0 Å². The molecule has 1 heterocycles. The molecule has 12 heavy (non-hydrogen) atoms. The SMILES string of the molecule is CS(=O)(=O)NCC1CCCCO1. The molecule has 1 fully saturated rings. The fourth-order valence-corrected chi connectivity index (χ4v) is 1.70. The van der Waals surface area contributed by atoms with E-state index in [1.807, 2.05) is 0 Å². The van der Waals surface area contributed by atoms with E-state index >= 15 is 0 Å². The molecule has 0 bridgehead atoms. The van der Waals surface area contributed by atoms with Crippen molar-refractivity contribution >= 4 is 10.0 Å². The zero-order valence-corrected chi connectivity index (χ0v) is 8.06. The summed E-state index contributed by atoms with van der Waals surface area (Å²) in [4.78, 5) is 0. The summed E-state index contributed by atoms with van der Waals surface area (Å²) in [7, 11) is -3.05. The zero-order chi connectivity index (χ0) is 9.03. The van der Waals surface area contributed by atoms with E-state index in [1.165, 1.54) is 0 Å². The van der Waals surface area contributed by atoms with Crippen LogP contribution >= 0.6 is 0 Å². The van der Waals surface area contributed by atoms with Crippen LogP contribution in [0.4, 0.5) is 0 Å². The molecule has 0 aromatic rings. The standard InChI is InChI=1S/C7H15NO3S/c1-12(9,10)8-6-7-4-2-3-5-11-7/h7-8H,2-6H2,1H3. The van der Waals surface area contributed by atoms with Crippen LogP contribution in [0, 0.1) is 0 Å². The monoisotopic (exact) mass is 193 g/mol. The fraction of sp³-hybridized carbons (Fsp3) is 1.00. The van der Waals surface area contributed by atoms with Crippen LogP contribution in [0.3, 0.4) is 0 Å². The minimum absolute atomic E-state index is 0.0773. The highest BCUT2D eigenvalue weighted by Crippen LogP contribution is 2.11. The van der Waals surface area contributed by atoms with E-state index in [0.29, 0.717) is 6.54 Å². The van der Waals surface area contributed by atoms with Crippen molar-refractivity contribution in [2.75, 3.05) is 19.4 Å². The highest BCUT2D eigenvalue weighted by molar-refractivity contribution is 7.88. The van der Waals surface area contributed by atoms with Gasteiger partial charge in [0.2, 0.25) is 10.0 Å². The molecule has 0 radical (unpaired) electrons. The Hall–Kier alpha value is -0.130. The van der Waals surface area contributed by atoms with Crippen LogP contribution in [-0.4, -0.2) is 33.9 Å². The Balaban J connectivity index is 2.22. The van der Waals surface area contributed by atoms with Gasteiger partial charge in [0, 0.05) is 13.2 Å². The molecule has 4 nitrogen and oxygen atoms in total. The maximum atomic E-state index is 10.7. The van der Waals surface area contributed by atoms with Gasteiger partial charge in [-0.25, -0.2) is 13.1 Å². The molecule has 5 heteroatoms. The predicted octanol–water partition coefficient (Wildman–Crippen LogP) is 0.105. The Morgan fingerprint density at radius 1 is 1.50 bits per heavy atom. The first kappa shape index (κ1) is 9.95. The van der Waals surface area contributed by atoms with Crippen LogP contribution < -0.4 is 4.72 Å². The van der Waals surface area contributed by atoms with Gasteiger partial charge in [-0.1, -0.05) is 0 Å². The van der Waals surface area contributed by atoms with E-state index in [-0.39, 0.29) is 6.10 Å². The first-order valence-corrected chi connectivity index (χ1v) is 6.03. The zero-order valence-electron chi connectivity index (χ0n) is 7.25. The third kappa shape index (κ3) is 4.04. The van der Waals surface area contributed by atoms with E-state index in [0.717, 1.165) is 32.1 Å². The molecule has 1 saturated heterocycles. The molecule has 1 unspecified atom stereocenters. The molecule has 1 atom stereocenters. The van der Waals surface area contributed by atoms with Crippen molar-refractivity contribution in [2.45, 2.75) is 25.4 Å². The van der Waals surface area contributed by atoms with Gasteiger partial charge in [-0.15, -0.1) is 0 Å².